The molecule has 0 N–H and O–H groups in total. The monoisotopic (exact) mass is 397 g/mol. The minimum absolute atomic E-state index is 0.0717. The quantitative estimate of drug-likeness (QED) is 0.626. The normalized spacial score (nSPS) is 24.7. The first-order chi connectivity index (χ1) is 14.1. The van der Waals surface area contributed by atoms with E-state index in [9.17, 15) is 8.78 Å². The summed E-state index contributed by atoms with van der Waals surface area (Å²) in [6, 6.07) is 9.81. The van der Waals surface area contributed by atoms with Gasteiger partial charge in [-0.1, -0.05) is 18.9 Å². The molecule has 1 aliphatic carbocycles. The topological polar surface area (TPSA) is 29.8 Å². The number of hydrogen-bond acceptors (Lipinski definition) is 3. The van der Waals surface area contributed by atoms with Crippen LogP contribution in [0.1, 0.15) is 31.4 Å². The minimum atomic E-state index is -0.861. The lowest BCUT2D eigenvalue weighted by Crippen LogP contribution is -2.39. The third-order valence-electron chi connectivity index (χ3n) is 6.58. The maximum atomic E-state index is 13.5. The van der Waals surface area contributed by atoms with Crippen LogP contribution in [0.5, 0.6) is 5.75 Å². The van der Waals surface area contributed by atoms with E-state index >= 15 is 0 Å². The Bertz CT molecular complexity index is 987. The zero-order valence-electron chi connectivity index (χ0n) is 16.4. The zero-order chi connectivity index (χ0) is 19.8. The average molecular weight is 397 g/mol. The predicted molar refractivity (Wildman–Crippen MR) is 107 cm³/mol. The van der Waals surface area contributed by atoms with Gasteiger partial charge >= 0.3 is 0 Å². The molecule has 29 heavy (non-hydrogen) atoms. The van der Waals surface area contributed by atoms with Crippen LogP contribution in [0.4, 0.5) is 8.78 Å². The lowest BCUT2D eigenvalue weighted by molar-refractivity contribution is 0.0705. The van der Waals surface area contributed by atoms with E-state index in [1.807, 2.05) is 24.4 Å². The fraction of sp³-hybridized carbons (Fsp3) is 0.435. The first kappa shape index (κ1) is 18.6. The molecule has 6 heteroatoms. The Labute approximate surface area is 169 Å². The Morgan fingerprint density at radius 1 is 1.14 bits per heavy atom. The van der Waals surface area contributed by atoms with Gasteiger partial charge in [-0.15, -0.1) is 0 Å². The maximum Gasteiger partial charge on any atom is 0.162 e. The number of aromatic nitrogens is 2. The van der Waals surface area contributed by atoms with E-state index in [4.69, 9.17) is 9.72 Å². The van der Waals surface area contributed by atoms with Crippen LogP contribution in [0.3, 0.4) is 0 Å². The lowest BCUT2D eigenvalue weighted by Gasteiger charge is -2.38. The Balaban J connectivity index is 1.30. The maximum absolute atomic E-state index is 13.5. The number of pyridine rings is 1. The summed E-state index contributed by atoms with van der Waals surface area (Å²) >= 11 is 0. The Morgan fingerprint density at radius 3 is 2.93 bits per heavy atom. The zero-order valence-corrected chi connectivity index (χ0v) is 16.4. The van der Waals surface area contributed by atoms with E-state index in [0.717, 1.165) is 49.5 Å². The first-order valence-electron chi connectivity index (χ1n) is 10.3. The minimum Gasteiger partial charge on any atom is -0.493 e. The molecule has 3 heterocycles. The number of benzene rings is 1. The summed E-state index contributed by atoms with van der Waals surface area (Å²) in [6.07, 6.45) is 8.87. The van der Waals surface area contributed by atoms with Gasteiger partial charge in [0.1, 0.15) is 11.4 Å². The number of likely N-dealkylation sites (tertiary alicyclic amines) is 1. The van der Waals surface area contributed by atoms with E-state index in [-0.39, 0.29) is 5.41 Å². The van der Waals surface area contributed by atoms with Crippen molar-refractivity contribution in [3.05, 3.63) is 66.1 Å². The second-order valence-electron chi connectivity index (χ2n) is 8.54. The van der Waals surface area contributed by atoms with Crippen molar-refractivity contribution in [2.75, 3.05) is 19.7 Å². The van der Waals surface area contributed by atoms with Gasteiger partial charge in [0, 0.05) is 43.5 Å². The third kappa shape index (κ3) is 3.62. The molecule has 2 fully saturated rings. The molecule has 4 nitrogen and oxygen atoms in total. The molecule has 5 rings (SSSR count). The molecular weight excluding hydrogens is 372 g/mol. The molecule has 2 atom stereocenters. The molecule has 0 spiro atoms. The summed E-state index contributed by atoms with van der Waals surface area (Å²) < 4.78 is 34.8. The molecule has 152 valence electrons. The molecular formula is C23H25F2N3O. The smallest absolute Gasteiger partial charge is 0.162 e. The number of nitrogens with zero attached hydrogens (tertiary/aromatic N) is 3. The van der Waals surface area contributed by atoms with Gasteiger partial charge in [-0.2, -0.15) is 0 Å². The van der Waals surface area contributed by atoms with Gasteiger partial charge in [0.25, 0.3) is 0 Å². The number of ether oxygens (including phenoxy) is 1. The van der Waals surface area contributed by atoms with Crippen LogP contribution >= 0.6 is 0 Å². The van der Waals surface area contributed by atoms with Gasteiger partial charge in [-0.25, -0.2) is 13.8 Å². The van der Waals surface area contributed by atoms with Crippen LogP contribution in [0.25, 0.3) is 5.65 Å². The number of imidazole rings is 1. The highest BCUT2D eigenvalue weighted by Crippen LogP contribution is 2.47. The summed E-state index contributed by atoms with van der Waals surface area (Å²) in [7, 11) is 0. The van der Waals surface area contributed by atoms with E-state index in [2.05, 4.69) is 15.5 Å². The Morgan fingerprint density at radius 2 is 2.07 bits per heavy atom. The second kappa shape index (κ2) is 7.41. The highest BCUT2D eigenvalue weighted by atomic mass is 19.2. The molecule has 1 saturated heterocycles. The van der Waals surface area contributed by atoms with Crippen LogP contribution in [-0.2, 0) is 6.54 Å². The lowest BCUT2D eigenvalue weighted by atomic mass is 9.69. The molecule has 0 bridgehead atoms. The van der Waals surface area contributed by atoms with Crippen LogP contribution in [0.2, 0.25) is 0 Å². The molecule has 1 aromatic carbocycles. The molecule has 2 aromatic heterocycles. The Kier molecular flexibility index (Phi) is 4.74. The standard InChI is InChI=1S/C23H25F2N3O/c24-20-8-7-19(11-21(20)25)29-16-23-9-3-1-5-17(23)12-27(15-23)13-18-14-28-10-4-2-6-22(28)26-18/h2,4,6-8,10-11,14,17H,1,3,5,9,12-13,15-16H2. The summed E-state index contributed by atoms with van der Waals surface area (Å²) in [6.45, 7) is 3.36. The molecule has 1 saturated carbocycles. The number of rotatable bonds is 5. The van der Waals surface area contributed by atoms with Crippen molar-refractivity contribution < 1.29 is 13.5 Å². The van der Waals surface area contributed by atoms with E-state index in [1.165, 1.54) is 25.3 Å². The van der Waals surface area contributed by atoms with Crippen molar-refractivity contribution >= 4 is 5.65 Å². The highest BCUT2D eigenvalue weighted by Gasteiger charge is 2.48. The molecule has 2 aliphatic rings. The van der Waals surface area contributed by atoms with Crippen molar-refractivity contribution in [3.63, 3.8) is 0 Å². The Hall–Kier alpha value is -2.47. The van der Waals surface area contributed by atoms with Gasteiger partial charge in [-0.05, 0) is 43.0 Å². The second-order valence-corrected chi connectivity index (χ2v) is 8.54. The van der Waals surface area contributed by atoms with Crippen LogP contribution in [0.15, 0.2) is 48.8 Å². The van der Waals surface area contributed by atoms with Crippen molar-refractivity contribution in [1.29, 1.82) is 0 Å². The van der Waals surface area contributed by atoms with Gasteiger partial charge in [0.2, 0.25) is 0 Å². The van der Waals surface area contributed by atoms with Crippen LogP contribution in [0, 0.1) is 23.0 Å². The van der Waals surface area contributed by atoms with Gasteiger partial charge in [0.05, 0.1) is 12.3 Å². The number of halogens is 2. The molecule has 2 unspecified atom stereocenters. The first-order valence-corrected chi connectivity index (χ1v) is 10.3. The molecule has 3 aromatic rings. The largest absolute Gasteiger partial charge is 0.493 e. The number of fused-ring (bicyclic) bond motifs is 2. The highest BCUT2D eigenvalue weighted by molar-refractivity contribution is 5.39. The fourth-order valence-corrected chi connectivity index (χ4v) is 5.14. The summed E-state index contributed by atoms with van der Waals surface area (Å²) in [4.78, 5) is 7.22. The SMILES string of the molecule is Fc1ccc(OCC23CCCCC2CN(Cc2cn4ccccc4n2)C3)cc1F. The van der Waals surface area contributed by atoms with E-state index in [1.54, 1.807) is 0 Å². The molecule has 0 radical (unpaired) electrons. The van der Waals surface area contributed by atoms with Crippen LogP contribution in [-0.4, -0.2) is 34.0 Å². The van der Waals surface area contributed by atoms with Crippen molar-refractivity contribution in [1.82, 2.24) is 14.3 Å². The fourth-order valence-electron chi connectivity index (χ4n) is 5.14. The summed E-state index contributed by atoms with van der Waals surface area (Å²) in [5, 5.41) is 0. The van der Waals surface area contributed by atoms with Crippen molar-refractivity contribution in [3.8, 4) is 5.75 Å². The van der Waals surface area contributed by atoms with Gasteiger partial charge in [-0.3, -0.25) is 4.90 Å². The summed E-state index contributed by atoms with van der Waals surface area (Å²) in [5.41, 5.74) is 2.12. The van der Waals surface area contributed by atoms with Crippen molar-refractivity contribution in [2.24, 2.45) is 11.3 Å². The van der Waals surface area contributed by atoms with Crippen molar-refractivity contribution in [2.45, 2.75) is 32.2 Å². The molecule has 0 amide bonds. The van der Waals surface area contributed by atoms with Crippen LogP contribution < -0.4 is 4.74 Å². The number of hydrogen-bond donors (Lipinski definition) is 0. The van der Waals surface area contributed by atoms with E-state index in [0.29, 0.717) is 18.3 Å². The summed E-state index contributed by atoms with van der Waals surface area (Å²) in [5.74, 6) is -0.731. The average Bonchev–Trinajstić information content (AvgIpc) is 3.29. The third-order valence-corrected chi connectivity index (χ3v) is 6.58. The predicted octanol–water partition coefficient (Wildman–Crippen LogP) is 4.68. The van der Waals surface area contributed by atoms with Gasteiger partial charge in [0.15, 0.2) is 11.6 Å². The van der Waals surface area contributed by atoms with Gasteiger partial charge < -0.3 is 9.14 Å². The van der Waals surface area contributed by atoms with E-state index < -0.39 is 11.6 Å². The molecule has 1 aliphatic heterocycles.